The number of carbonyl (C=O) groups excluding carboxylic acids is 2. The zero-order valence-corrected chi connectivity index (χ0v) is 20.0. The molecule has 0 aromatic heterocycles. The van der Waals surface area contributed by atoms with Gasteiger partial charge in [-0.15, -0.1) is 0 Å². The van der Waals surface area contributed by atoms with Crippen LogP contribution in [0.4, 0.5) is 4.39 Å². The topological polar surface area (TPSA) is 78.7 Å². The van der Waals surface area contributed by atoms with E-state index in [2.05, 4.69) is 15.1 Å². The minimum atomic E-state index is -0.825. The molecule has 2 aromatic rings. The highest BCUT2D eigenvalue weighted by Gasteiger charge is 2.37. The molecule has 0 bridgehead atoms. The molecule has 6 nitrogen and oxygen atoms in total. The van der Waals surface area contributed by atoms with Crippen LogP contribution in [0.5, 0.6) is 0 Å². The number of rotatable bonds is 7. The van der Waals surface area contributed by atoms with E-state index < -0.39 is 11.9 Å². The lowest BCUT2D eigenvalue weighted by molar-refractivity contribution is -0.133. The van der Waals surface area contributed by atoms with E-state index in [0.29, 0.717) is 17.1 Å². The van der Waals surface area contributed by atoms with E-state index in [-0.39, 0.29) is 23.7 Å². The second-order valence-corrected chi connectivity index (χ2v) is 9.67. The van der Waals surface area contributed by atoms with Crippen molar-refractivity contribution < 1.29 is 14.0 Å². The van der Waals surface area contributed by atoms with Gasteiger partial charge in [0, 0.05) is 43.8 Å². The van der Waals surface area contributed by atoms with E-state index in [1.165, 1.54) is 12.1 Å². The van der Waals surface area contributed by atoms with Crippen LogP contribution in [0.2, 0.25) is 5.02 Å². The molecule has 2 amide bonds. The van der Waals surface area contributed by atoms with Gasteiger partial charge in [0.2, 0.25) is 11.8 Å². The number of piperazine rings is 1. The fraction of sp³-hybridized carbons (Fsp3) is 0.462. The molecule has 3 N–H and O–H groups in total. The van der Waals surface area contributed by atoms with E-state index in [9.17, 15) is 14.0 Å². The molecule has 182 valence electrons. The molecule has 3 atom stereocenters. The molecule has 1 aliphatic carbocycles. The SMILES string of the molecule is NC(=O)[C@@H](NC(=O)[C@@H]1CCCC[C@H]1N1CCN(Cc2ccc(F)cc2Cl)CC1)c1ccccc1. The molecule has 34 heavy (non-hydrogen) atoms. The first-order chi connectivity index (χ1) is 16.4. The monoisotopic (exact) mass is 486 g/mol. The van der Waals surface area contributed by atoms with Crippen molar-refractivity contribution >= 4 is 23.4 Å². The number of benzene rings is 2. The maximum absolute atomic E-state index is 13.3. The van der Waals surface area contributed by atoms with Crippen molar-refractivity contribution in [2.45, 2.75) is 44.3 Å². The van der Waals surface area contributed by atoms with Crippen LogP contribution in [0, 0.1) is 11.7 Å². The van der Waals surface area contributed by atoms with Crippen molar-refractivity contribution in [2.24, 2.45) is 11.7 Å². The van der Waals surface area contributed by atoms with Gasteiger partial charge < -0.3 is 11.1 Å². The van der Waals surface area contributed by atoms with Gasteiger partial charge in [-0.25, -0.2) is 4.39 Å². The molecule has 0 unspecified atom stereocenters. The fourth-order valence-electron chi connectivity index (χ4n) is 5.21. The number of nitrogens with one attached hydrogen (secondary N) is 1. The minimum Gasteiger partial charge on any atom is -0.368 e. The van der Waals surface area contributed by atoms with E-state index in [1.807, 2.05) is 18.2 Å². The van der Waals surface area contributed by atoms with Crippen molar-refractivity contribution in [2.75, 3.05) is 26.2 Å². The highest BCUT2D eigenvalue weighted by Crippen LogP contribution is 2.31. The van der Waals surface area contributed by atoms with Crippen LogP contribution in [-0.2, 0) is 16.1 Å². The smallest absolute Gasteiger partial charge is 0.244 e. The number of amides is 2. The number of nitrogens with zero attached hydrogens (tertiary/aromatic N) is 2. The fourth-order valence-corrected chi connectivity index (χ4v) is 5.44. The van der Waals surface area contributed by atoms with Gasteiger partial charge in [-0.05, 0) is 36.1 Å². The second-order valence-electron chi connectivity index (χ2n) is 9.26. The predicted octanol–water partition coefficient (Wildman–Crippen LogP) is 3.50. The molecule has 2 aliphatic rings. The predicted molar refractivity (Wildman–Crippen MR) is 131 cm³/mol. The number of carbonyl (C=O) groups is 2. The van der Waals surface area contributed by atoms with Gasteiger partial charge in [0.15, 0.2) is 0 Å². The molecular formula is C26H32ClFN4O2. The van der Waals surface area contributed by atoms with Gasteiger partial charge >= 0.3 is 0 Å². The van der Waals surface area contributed by atoms with Crippen LogP contribution in [0.3, 0.4) is 0 Å². The summed E-state index contributed by atoms with van der Waals surface area (Å²) in [5, 5.41) is 3.38. The lowest BCUT2D eigenvalue weighted by atomic mass is 9.82. The largest absolute Gasteiger partial charge is 0.368 e. The number of nitrogens with two attached hydrogens (primary N) is 1. The molecule has 4 rings (SSSR count). The van der Waals surface area contributed by atoms with Crippen molar-refractivity contribution in [3.8, 4) is 0 Å². The first-order valence-electron chi connectivity index (χ1n) is 12.0. The summed E-state index contributed by atoms with van der Waals surface area (Å²) in [6, 6.07) is 13.0. The first kappa shape index (κ1) is 24.6. The molecule has 8 heteroatoms. The highest BCUT2D eigenvalue weighted by molar-refractivity contribution is 6.31. The first-order valence-corrected chi connectivity index (χ1v) is 12.3. The summed E-state index contributed by atoms with van der Waals surface area (Å²) in [4.78, 5) is 30.1. The van der Waals surface area contributed by atoms with Gasteiger partial charge in [-0.3, -0.25) is 19.4 Å². The van der Waals surface area contributed by atoms with Crippen LogP contribution >= 0.6 is 11.6 Å². The summed E-state index contributed by atoms with van der Waals surface area (Å²) >= 11 is 6.21. The Balaban J connectivity index is 1.37. The van der Waals surface area contributed by atoms with Gasteiger partial charge in [0.05, 0.1) is 5.92 Å². The maximum atomic E-state index is 13.3. The third kappa shape index (κ3) is 5.95. The van der Waals surface area contributed by atoms with Gasteiger partial charge in [0.1, 0.15) is 11.9 Å². The second kappa shape index (κ2) is 11.3. The average Bonchev–Trinajstić information content (AvgIpc) is 2.85. The van der Waals surface area contributed by atoms with E-state index >= 15 is 0 Å². The summed E-state index contributed by atoms with van der Waals surface area (Å²) < 4.78 is 13.3. The van der Waals surface area contributed by atoms with Gasteiger partial charge in [-0.2, -0.15) is 0 Å². The van der Waals surface area contributed by atoms with E-state index in [1.54, 1.807) is 18.2 Å². The summed E-state index contributed by atoms with van der Waals surface area (Å²) in [5.74, 6) is -1.15. The van der Waals surface area contributed by atoms with Crippen LogP contribution in [0.15, 0.2) is 48.5 Å². The Hall–Kier alpha value is -2.48. The maximum Gasteiger partial charge on any atom is 0.244 e. The third-order valence-corrected chi connectivity index (χ3v) is 7.41. The number of hydrogen-bond donors (Lipinski definition) is 2. The van der Waals surface area contributed by atoms with Gasteiger partial charge in [-0.1, -0.05) is 60.8 Å². The Labute approximate surface area is 205 Å². The Kier molecular flexibility index (Phi) is 8.19. The molecule has 1 saturated heterocycles. The number of halogens is 2. The van der Waals surface area contributed by atoms with Crippen LogP contribution < -0.4 is 11.1 Å². The van der Waals surface area contributed by atoms with E-state index in [0.717, 1.165) is 57.4 Å². The standard InChI is InChI=1S/C26H32ClFN4O2/c27-22-16-20(28)11-10-19(22)17-31-12-14-32(15-13-31)23-9-5-4-8-21(23)26(34)30-24(25(29)33)18-6-2-1-3-7-18/h1-3,6-7,10-11,16,21,23-24H,4-5,8-9,12-15,17H2,(H2,29,33)(H,30,34)/t21-,23-,24+/m1/s1. The molecule has 0 spiro atoms. The van der Waals surface area contributed by atoms with Crippen LogP contribution in [0.25, 0.3) is 0 Å². The molecule has 2 aromatic carbocycles. The van der Waals surface area contributed by atoms with Crippen molar-refractivity contribution in [1.29, 1.82) is 0 Å². The summed E-state index contributed by atoms with van der Waals surface area (Å²) in [5.41, 5.74) is 7.24. The molecule has 2 fully saturated rings. The zero-order chi connectivity index (χ0) is 24.1. The summed E-state index contributed by atoms with van der Waals surface area (Å²) in [6.07, 6.45) is 3.87. The van der Waals surface area contributed by atoms with Crippen molar-refractivity contribution in [3.63, 3.8) is 0 Å². The molecule has 0 radical (unpaired) electrons. The number of hydrogen-bond acceptors (Lipinski definition) is 4. The normalized spacial score (nSPS) is 22.8. The van der Waals surface area contributed by atoms with Crippen molar-refractivity contribution in [1.82, 2.24) is 15.1 Å². The van der Waals surface area contributed by atoms with Gasteiger partial charge in [0.25, 0.3) is 0 Å². The Morgan fingerprint density at radius 2 is 1.76 bits per heavy atom. The van der Waals surface area contributed by atoms with Crippen LogP contribution in [-0.4, -0.2) is 53.8 Å². The Bertz CT molecular complexity index is 998. The Morgan fingerprint density at radius 3 is 2.44 bits per heavy atom. The minimum absolute atomic E-state index is 0.0992. The summed E-state index contributed by atoms with van der Waals surface area (Å²) in [6.45, 7) is 4.09. The Morgan fingerprint density at radius 1 is 1.06 bits per heavy atom. The highest BCUT2D eigenvalue weighted by atomic mass is 35.5. The lowest BCUT2D eigenvalue weighted by Crippen LogP contribution is -2.55. The van der Waals surface area contributed by atoms with Crippen LogP contribution in [0.1, 0.15) is 42.9 Å². The molecule has 1 aliphatic heterocycles. The average molecular weight is 487 g/mol. The number of primary amides is 1. The zero-order valence-electron chi connectivity index (χ0n) is 19.3. The molecular weight excluding hydrogens is 455 g/mol. The van der Waals surface area contributed by atoms with E-state index in [4.69, 9.17) is 17.3 Å². The quantitative estimate of drug-likeness (QED) is 0.628. The molecule has 1 heterocycles. The molecule has 1 saturated carbocycles. The summed E-state index contributed by atoms with van der Waals surface area (Å²) in [7, 11) is 0. The lowest BCUT2D eigenvalue weighted by Gasteiger charge is -2.44. The van der Waals surface area contributed by atoms with Crippen molar-refractivity contribution in [3.05, 3.63) is 70.5 Å². The third-order valence-electron chi connectivity index (χ3n) is 7.06.